The number of rotatable bonds is 5. The smallest absolute Gasteiger partial charge is 0.338 e. The number of carbonyl (C=O) groups excluding carboxylic acids is 3. The largest absolute Gasteiger partial charge is 0.462 e. The van der Waals surface area contributed by atoms with Gasteiger partial charge in [-0.3, -0.25) is 14.6 Å². The van der Waals surface area contributed by atoms with Crippen LogP contribution in [-0.2, 0) is 23.8 Å². The van der Waals surface area contributed by atoms with Gasteiger partial charge in [0.1, 0.15) is 0 Å². The Labute approximate surface area is 146 Å². The minimum atomic E-state index is -1.27. The van der Waals surface area contributed by atoms with Crippen molar-refractivity contribution >= 4 is 29.8 Å². The van der Waals surface area contributed by atoms with Crippen LogP contribution in [0.15, 0.2) is 29.3 Å². The van der Waals surface area contributed by atoms with Crippen molar-refractivity contribution < 1.29 is 28.6 Å². The highest BCUT2D eigenvalue weighted by atomic mass is 16.7. The topological polar surface area (TPSA) is 91.3 Å². The van der Waals surface area contributed by atoms with Gasteiger partial charge in [0.15, 0.2) is 5.92 Å². The average Bonchev–Trinajstić information content (AvgIpc) is 2.51. The van der Waals surface area contributed by atoms with Crippen LogP contribution in [0.4, 0.5) is 5.69 Å². The molecule has 0 amide bonds. The molecule has 0 spiro atoms. The van der Waals surface area contributed by atoms with E-state index in [1.807, 2.05) is 13.8 Å². The third kappa shape index (κ3) is 5.14. The lowest BCUT2D eigenvalue weighted by Crippen LogP contribution is -2.46. The molecule has 25 heavy (non-hydrogen) atoms. The Morgan fingerprint density at radius 1 is 1.20 bits per heavy atom. The quantitative estimate of drug-likeness (QED) is 0.462. The first-order valence-corrected chi connectivity index (χ1v) is 7.95. The highest BCUT2D eigenvalue weighted by Gasteiger charge is 2.42. The van der Waals surface area contributed by atoms with Crippen molar-refractivity contribution in [1.29, 1.82) is 0 Å². The number of esters is 3. The molecule has 0 radical (unpaired) electrons. The van der Waals surface area contributed by atoms with Crippen LogP contribution in [-0.4, -0.2) is 36.5 Å². The third-order valence-electron chi connectivity index (χ3n) is 3.22. The molecule has 0 atom stereocenters. The summed E-state index contributed by atoms with van der Waals surface area (Å²) >= 11 is 0. The highest BCUT2D eigenvalue weighted by molar-refractivity contribution is 6.10. The monoisotopic (exact) mass is 347 g/mol. The lowest BCUT2D eigenvalue weighted by molar-refractivity contribution is -0.235. The number of hydrogen-bond acceptors (Lipinski definition) is 7. The van der Waals surface area contributed by atoms with E-state index in [9.17, 15) is 14.4 Å². The van der Waals surface area contributed by atoms with Crippen LogP contribution in [0.2, 0.25) is 0 Å². The van der Waals surface area contributed by atoms with Gasteiger partial charge in [-0.05, 0) is 30.2 Å². The zero-order chi connectivity index (χ0) is 18.6. The first kappa shape index (κ1) is 18.6. The maximum Gasteiger partial charge on any atom is 0.338 e. The van der Waals surface area contributed by atoms with Crippen LogP contribution in [0.25, 0.3) is 0 Å². The van der Waals surface area contributed by atoms with Crippen LogP contribution in [0, 0.1) is 11.8 Å². The van der Waals surface area contributed by atoms with Crippen LogP contribution < -0.4 is 0 Å². The Morgan fingerprint density at radius 2 is 1.76 bits per heavy atom. The summed E-state index contributed by atoms with van der Waals surface area (Å²) < 4.78 is 15.1. The van der Waals surface area contributed by atoms with Gasteiger partial charge in [-0.2, -0.15) is 0 Å². The SMILES string of the molecule is CC(C)COC(=O)c1ccc(N=CC2C(=O)OC(C)(C)OC2=O)cc1. The van der Waals surface area contributed by atoms with Crippen LogP contribution in [0.3, 0.4) is 0 Å². The second kappa shape index (κ2) is 7.46. The number of cyclic esters (lactones) is 2. The number of nitrogens with zero attached hydrogens (tertiary/aromatic N) is 1. The zero-order valence-corrected chi connectivity index (χ0v) is 14.6. The molecule has 0 bridgehead atoms. The van der Waals surface area contributed by atoms with E-state index in [0.29, 0.717) is 17.9 Å². The Morgan fingerprint density at radius 3 is 2.28 bits per heavy atom. The van der Waals surface area contributed by atoms with Gasteiger partial charge >= 0.3 is 17.9 Å². The van der Waals surface area contributed by atoms with Crippen molar-refractivity contribution in [3.05, 3.63) is 29.8 Å². The van der Waals surface area contributed by atoms with Crippen molar-refractivity contribution in [1.82, 2.24) is 0 Å². The standard InChI is InChI=1S/C18H21NO6/c1-11(2)10-23-15(20)12-5-7-13(8-6-12)19-9-14-16(21)24-18(3,4)25-17(14)22/h5-9,11,14H,10H2,1-4H3. The maximum atomic E-state index is 11.8. The van der Waals surface area contributed by atoms with Gasteiger partial charge in [0.25, 0.3) is 5.79 Å². The van der Waals surface area contributed by atoms with Crippen LogP contribution in [0.1, 0.15) is 38.1 Å². The van der Waals surface area contributed by atoms with E-state index in [-0.39, 0.29) is 5.92 Å². The minimum absolute atomic E-state index is 0.257. The third-order valence-corrected chi connectivity index (χ3v) is 3.22. The van der Waals surface area contributed by atoms with Crippen molar-refractivity contribution in [3.8, 4) is 0 Å². The lowest BCUT2D eigenvalue weighted by atomic mass is 10.1. The Bertz CT molecular complexity index is 670. The fourth-order valence-electron chi connectivity index (χ4n) is 2.02. The molecule has 0 aromatic heterocycles. The first-order valence-electron chi connectivity index (χ1n) is 7.95. The van der Waals surface area contributed by atoms with E-state index in [2.05, 4.69) is 4.99 Å². The van der Waals surface area contributed by atoms with E-state index in [4.69, 9.17) is 14.2 Å². The molecule has 1 aliphatic heterocycles. The second-order valence-electron chi connectivity index (χ2n) is 6.54. The normalized spacial score (nSPS) is 17.5. The number of ether oxygens (including phenoxy) is 3. The summed E-state index contributed by atoms with van der Waals surface area (Å²) in [5.74, 6) is -4.04. The lowest BCUT2D eigenvalue weighted by Gasteiger charge is -2.31. The molecule has 1 heterocycles. The molecule has 1 aromatic carbocycles. The summed E-state index contributed by atoms with van der Waals surface area (Å²) in [6.45, 7) is 7.21. The van der Waals surface area contributed by atoms with Gasteiger partial charge in [-0.1, -0.05) is 13.8 Å². The molecule has 0 aliphatic carbocycles. The van der Waals surface area contributed by atoms with Crippen LogP contribution in [0.5, 0.6) is 0 Å². The van der Waals surface area contributed by atoms with Gasteiger partial charge in [0.05, 0.1) is 17.9 Å². The summed E-state index contributed by atoms with van der Waals surface area (Å²) in [6, 6.07) is 6.31. The van der Waals surface area contributed by atoms with Gasteiger partial charge in [0, 0.05) is 20.1 Å². The number of carbonyl (C=O) groups is 3. The molecule has 2 rings (SSSR count). The van der Waals surface area contributed by atoms with E-state index >= 15 is 0 Å². The Kier molecular flexibility index (Phi) is 5.56. The predicted octanol–water partition coefficient (Wildman–Crippen LogP) is 2.65. The Balaban J connectivity index is 2.01. The number of aliphatic imine (C=N–C) groups is 1. The molecule has 1 saturated heterocycles. The molecule has 1 aliphatic rings. The highest BCUT2D eigenvalue weighted by Crippen LogP contribution is 2.23. The zero-order valence-electron chi connectivity index (χ0n) is 14.6. The van der Waals surface area contributed by atoms with Gasteiger partial charge < -0.3 is 14.2 Å². The molecule has 7 heteroatoms. The molecule has 1 fully saturated rings. The van der Waals surface area contributed by atoms with Gasteiger partial charge in [0.2, 0.25) is 0 Å². The molecule has 0 N–H and O–H groups in total. The maximum absolute atomic E-state index is 11.8. The molecule has 0 saturated carbocycles. The minimum Gasteiger partial charge on any atom is -0.462 e. The number of benzene rings is 1. The molecular weight excluding hydrogens is 326 g/mol. The molecule has 0 unspecified atom stereocenters. The van der Waals surface area contributed by atoms with Crippen molar-refractivity contribution in [2.75, 3.05) is 6.61 Å². The van der Waals surface area contributed by atoms with E-state index in [1.165, 1.54) is 20.1 Å². The summed E-state index contributed by atoms with van der Waals surface area (Å²) in [5, 5.41) is 0. The van der Waals surface area contributed by atoms with E-state index in [0.717, 1.165) is 0 Å². The number of hydrogen-bond donors (Lipinski definition) is 0. The summed E-state index contributed by atoms with van der Waals surface area (Å²) in [7, 11) is 0. The van der Waals surface area contributed by atoms with E-state index in [1.54, 1.807) is 24.3 Å². The molecule has 7 nitrogen and oxygen atoms in total. The first-order chi connectivity index (χ1) is 11.7. The van der Waals surface area contributed by atoms with Crippen molar-refractivity contribution in [2.45, 2.75) is 33.5 Å². The summed E-state index contributed by atoms with van der Waals surface area (Å²) in [4.78, 5) is 39.6. The van der Waals surface area contributed by atoms with Gasteiger partial charge in [-0.25, -0.2) is 4.79 Å². The summed E-state index contributed by atoms with van der Waals surface area (Å²) in [6.07, 6.45) is 1.17. The average molecular weight is 347 g/mol. The van der Waals surface area contributed by atoms with Gasteiger partial charge in [-0.15, -0.1) is 0 Å². The van der Waals surface area contributed by atoms with Crippen molar-refractivity contribution in [3.63, 3.8) is 0 Å². The fourth-order valence-corrected chi connectivity index (χ4v) is 2.02. The van der Waals surface area contributed by atoms with Crippen molar-refractivity contribution in [2.24, 2.45) is 16.8 Å². The van der Waals surface area contributed by atoms with Crippen LogP contribution >= 0.6 is 0 Å². The summed E-state index contributed by atoms with van der Waals surface area (Å²) in [5.41, 5.74) is 0.878. The van der Waals surface area contributed by atoms with E-state index < -0.39 is 29.6 Å². The second-order valence-corrected chi connectivity index (χ2v) is 6.54. The molecular formula is C18H21NO6. The molecule has 1 aromatic rings. The Hall–Kier alpha value is -2.70. The predicted molar refractivity (Wildman–Crippen MR) is 89.5 cm³/mol. The fraction of sp³-hybridized carbons (Fsp3) is 0.444. The molecule has 134 valence electrons.